The zero-order chi connectivity index (χ0) is 21.3. The Labute approximate surface area is 180 Å². The molecule has 0 saturated carbocycles. The molecule has 0 spiro atoms. The average Bonchev–Trinajstić information content (AvgIpc) is 3.36. The number of pyridine rings is 1. The molecule has 0 unspecified atom stereocenters. The largest absolute Gasteiger partial charge is 0.350 e. The first-order chi connectivity index (χ1) is 14.5. The van der Waals surface area contributed by atoms with Gasteiger partial charge in [0.25, 0.3) is 5.91 Å². The van der Waals surface area contributed by atoms with Crippen LogP contribution in [0.25, 0.3) is 22.3 Å². The maximum absolute atomic E-state index is 13.3. The van der Waals surface area contributed by atoms with E-state index in [0.717, 1.165) is 22.3 Å². The summed E-state index contributed by atoms with van der Waals surface area (Å²) in [4.78, 5) is 20.2. The fourth-order valence-electron chi connectivity index (χ4n) is 3.73. The molecule has 0 fully saturated rings. The van der Waals surface area contributed by atoms with Crippen LogP contribution in [-0.4, -0.2) is 46.2 Å². The number of aryl methyl sites for hydroxylation is 2. The minimum Gasteiger partial charge on any atom is -0.350 e. The summed E-state index contributed by atoms with van der Waals surface area (Å²) in [7, 11) is 5.91. The lowest BCUT2D eigenvalue weighted by Crippen LogP contribution is -2.34. The normalized spacial score (nSPS) is 12.4. The summed E-state index contributed by atoms with van der Waals surface area (Å²) in [6.45, 7) is 2.43. The van der Waals surface area contributed by atoms with Gasteiger partial charge in [-0.25, -0.2) is 4.98 Å². The van der Waals surface area contributed by atoms with Crippen molar-refractivity contribution in [1.82, 2.24) is 25.0 Å². The highest BCUT2D eigenvalue weighted by Gasteiger charge is 2.21. The van der Waals surface area contributed by atoms with Gasteiger partial charge in [0.05, 0.1) is 28.4 Å². The summed E-state index contributed by atoms with van der Waals surface area (Å²) in [6, 6.07) is 14.0. The van der Waals surface area contributed by atoms with Gasteiger partial charge in [-0.1, -0.05) is 30.3 Å². The van der Waals surface area contributed by atoms with Crippen molar-refractivity contribution < 1.29 is 4.79 Å². The maximum Gasteiger partial charge on any atom is 0.252 e. The number of carbonyl (C=O) groups excluding carboxylic acids is 1. The van der Waals surface area contributed by atoms with Gasteiger partial charge in [-0.15, -0.1) is 0 Å². The van der Waals surface area contributed by atoms with Gasteiger partial charge in [0.1, 0.15) is 0 Å². The van der Waals surface area contributed by atoms with Crippen molar-refractivity contribution in [3.05, 3.63) is 70.0 Å². The lowest BCUT2D eigenvalue weighted by atomic mass is 10.0. The molecule has 3 heterocycles. The second-order valence-corrected chi connectivity index (χ2v) is 8.35. The molecule has 30 heavy (non-hydrogen) atoms. The van der Waals surface area contributed by atoms with Crippen LogP contribution in [0.2, 0.25) is 0 Å². The molecule has 0 saturated heterocycles. The number of hydrogen-bond donors (Lipinski definition) is 1. The Bertz CT molecular complexity index is 1170. The fraction of sp³-hybridized carbons (Fsp3) is 0.261. The summed E-state index contributed by atoms with van der Waals surface area (Å²) < 4.78 is 1.74. The van der Waals surface area contributed by atoms with Crippen LogP contribution in [0.15, 0.2) is 53.2 Å². The highest BCUT2D eigenvalue weighted by molar-refractivity contribution is 7.08. The molecule has 1 amide bonds. The Morgan fingerprint density at radius 3 is 2.67 bits per heavy atom. The van der Waals surface area contributed by atoms with Gasteiger partial charge in [-0.2, -0.15) is 16.4 Å². The molecule has 0 bridgehead atoms. The number of thiophene rings is 1. The van der Waals surface area contributed by atoms with Gasteiger partial charge < -0.3 is 10.2 Å². The molecule has 4 rings (SSSR count). The third kappa shape index (κ3) is 3.86. The number of carbonyl (C=O) groups is 1. The molecule has 0 aliphatic carbocycles. The Hall–Kier alpha value is -3.03. The van der Waals surface area contributed by atoms with Gasteiger partial charge in [0, 0.05) is 19.2 Å². The molecular formula is C23H25N5OS. The van der Waals surface area contributed by atoms with E-state index in [1.165, 1.54) is 5.56 Å². The summed E-state index contributed by atoms with van der Waals surface area (Å²) in [5.74, 6) is -0.113. The third-order valence-electron chi connectivity index (χ3n) is 5.29. The van der Waals surface area contributed by atoms with E-state index in [1.807, 2.05) is 64.5 Å². The number of fused-ring (bicyclic) bond motifs is 1. The fourth-order valence-corrected chi connectivity index (χ4v) is 4.44. The molecule has 154 valence electrons. The van der Waals surface area contributed by atoms with E-state index in [-0.39, 0.29) is 11.9 Å². The molecule has 7 heteroatoms. The molecule has 0 aliphatic rings. The standard InChI is InChI=1S/C23H25N5OS/c1-15-21-18(23(29)24-13-20(27(2)3)17-10-11-30-14-17)12-19(16-8-6-5-7-9-16)25-22(21)28(4)26-15/h5-12,14,20H,13H2,1-4H3,(H,24,29)/t20-/m0/s1. The first kappa shape index (κ1) is 20.3. The average molecular weight is 420 g/mol. The van der Waals surface area contributed by atoms with Crippen molar-refractivity contribution >= 4 is 28.3 Å². The van der Waals surface area contributed by atoms with Crippen LogP contribution in [0.1, 0.15) is 27.7 Å². The molecule has 4 aromatic rings. The minimum atomic E-state index is -0.113. The zero-order valence-electron chi connectivity index (χ0n) is 17.6. The topological polar surface area (TPSA) is 63.1 Å². The number of nitrogens with one attached hydrogen (secondary N) is 1. The minimum absolute atomic E-state index is 0.112. The number of likely N-dealkylation sites (N-methyl/N-ethyl adjacent to an activating group) is 1. The summed E-state index contributed by atoms with van der Waals surface area (Å²) >= 11 is 1.66. The lowest BCUT2D eigenvalue weighted by molar-refractivity contribution is 0.0943. The van der Waals surface area contributed by atoms with Gasteiger partial charge in [-0.05, 0) is 49.5 Å². The molecule has 0 aliphatic heterocycles. The van der Waals surface area contributed by atoms with E-state index in [1.54, 1.807) is 16.0 Å². The van der Waals surface area contributed by atoms with Crippen molar-refractivity contribution in [1.29, 1.82) is 0 Å². The van der Waals surface area contributed by atoms with Crippen molar-refractivity contribution in [3.63, 3.8) is 0 Å². The molecular weight excluding hydrogens is 394 g/mol. The van der Waals surface area contributed by atoms with E-state index in [9.17, 15) is 4.79 Å². The van der Waals surface area contributed by atoms with Crippen LogP contribution >= 0.6 is 11.3 Å². The van der Waals surface area contributed by atoms with Crippen LogP contribution < -0.4 is 5.32 Å². The van der Waals surface area contributed by atoms with Gasteiger partial charge in [0.2, 0.25) is 0 Å². The van der Waals surface area contributed by atoms with E-state index in [0.29, 0.717) is 17.8 Å². The summed E-state index contributed by atoms with van der Waals surface area (Å²) in [5.41, 5.74) is 5.04. The van der Waals surface area contributed by atoms with E-state index >= 15 is 0 Å². The Morgan fingerprint density at radius 2 is 2.00 bits per heavy atom. The summed E-state index contributed by atoms with van der Waals surface area (Å²) in [5, 5.41) is 12.6. The molecule has 0 radical (unpaired) electrons. The number of aromatic nitrogens is 3. The van der Waals surface area contributed by atoms with Crippen LogP contribution in [0.3, 0.4) is 0 Å². The van der Waals surface area contributed by atoms with Crippen molar-refractivity contribution in [2.75, 3.05) is 20.6 Å². The summed E-state index contributed by atoms with van der Waals surface area (Å²) in [6.07, 6.45) is 0. The Kier molecular flexibility index (Phi) is 5.65. The third-order valence-corrected chi connectivity index (χ3v) is 5.99. The molecule has 1 atom stereocenters. The smallest absolute Gasteiger partial charge is 0.252 e. The predicted molar refractivity (Wildman–Crippen MR) is 122 cm³/mol. The highest BCUT2D eigenvalue weighted by Crippen LogP contribution is 2.27. The molecule has 6 nitrogen and oxygen atoms in total. The predicted octanol–water partition coefficient (Wildman–Crippen LogP) is 4.04. The molecule has 3 aromatic heterocycles. The zero-order valence-corrected chi connectivity index (χ0v) is 18.4. The Balaban J connectivity index is 1.71. The van der Waals surface area contributed by atoms with Crippen molar-refractivity contribution in [2.24, 2.45) is 7.05 Å². The van der Waals surface area contributed by atoms with Crippen LogP contribution in [0.4, 0.5) is 0 Å². The van der Waals surface area contributed by atoms with Crippen molar-refractivity contribution in [2.45, 2.75) is 13.0 Å². The van der Waals surface area contributed by atoms with Gasteiger partial charge >= 0.3 is 0 Å². The van der Waals surface area contributed by atoms with E-state index in [2.05, 4.69) is 32.1 Å². The SMILES string of the molecule is Cc1nn(C)c2nc(-c3ccccc3)cc(C(=O)NC[C@@H](c3ccsc3)N(C)C)c12. The number of hydrogen-bond acceptors (Lipinski definition) is 5. The second kappa shape index (κ2) is 8.38. The number of nitrogens with zero attached hydrogens (tertiary/aromatic N) is 4. The molecule has 1 aromatic carbocycles. The second-order valence-electron chi connectivity index (χ2n) is 7.57. The number of benzene rings is 1. The Morgan fingerprint density at radius 1 is 1.23 bits per heavy atom. The number of rotatable bonds is 6. The van der Waals surface area contributed by atoms with Crippen LogP contribution in [-0.2, 0) is 7.05 Å². The molecule has 1 N–H and O–H groups in total. The van der Waals surface area contributed by atoms with E-state index in [4.69, 9.17) is 4.98 Å². The van der Waals surface area contributed by atoms with Gasteiger partial charge in [-0.3, -0.25) is 9.48 Å². The first-order valence-electron chi connectivity index (χ1n) is 9.82. The maximum atomic E-state index is 13.3. The lowest BCUT2D eigenvalue weighted by Gasteiger charge is -2.24. The monoisotopic (exact) mass is 419 g/mol. The van der Waals surface area contributed by atoms with E-state index < -0.39 is 0 Å². The van der Waals surface area contributed by atoms with Crippen LogP contribution in [0, 0.1) is 6.92 Å². The van der Waals surface area contributed by atoms with Crippen LogP contribution in [0.5, 0.6) is 0 Å². The highest BCUT2D eigenvalue weighted by atomic mass is 32.1. The van der Waals surface area contributed by atoms with Gasteiger partial charge in [0.15, 0.2) is 5.65 Å². The first-order valence-corrected chi connectivity index (χ1v) is 10.8. The number of amides is 1. The quantitative estimate of drug-likeness (QED) is 0.512. The van der Waals surface area contributed by atoms with Crippen molar-refractivity contribution in [3.8, 4) is 11.3 Å².